The van der Waals surface area contributed by atoms with Gasteiger partial charge in [-0.25, -0.2) is 4.79 Å². The number of rotatable bonds is 7. The number of carbonyl (C=O) groups is 2. The first-order chi connectivity index (χ1) is 13.5. The first kappa shape index (κ1) is 19.7. The van der Waals surface area contributed by atoms with E-state index >= 15 is 0 Å². The molecule has 1 fully saturated rings. The van der Waals surface area contributed by atoms with Crippen molar-refractivity contribution in [2.45, 2.75) is 6.04 Å². The SMILES string of the molecule is COc1ccccc1[C@@H](CNC(=O)c1ccc(N2CCOC2=O)cc1)N(C)C. The average molecular weight is 383 g/mol. The van der Waals surface area contributed by atoms with Crippen LogP contribution >= 0.6 is 0 Å². The van der Waals surface area contributed by atoms with Crippen molar-refractivity contribution in [3.05, 3.63) is 59.7 Å². The molecular weight excluding hydrogens is 358 g/mol. The van der Waals surface area contributed by atoms with E-state index in [2.05, 4.69) is 5.32 Å². The molecule has 0 bridgehead atoms. The lowest BCUT2D eigenvalue weighted by molar-refractivity contribution is 0.0941. The minimum Gasteiger partial charge on any atom is -0.496 e. The Morgan fingerprint density at radius 3 is 2.54 bits per heavy atom. The van der Waals surface area contributed by atoms with Gasteiger partial charge in [0.25, 0.3) is 5.91 Å². The van der Waals surface area contributed by atoms with Crippen LogP contribution < -0.4 is 15.0 Å². The molecule has 7 heteroatoms. The van der Waals surface area contributed by atoms with Gasteiger partial charge in [-0.3, -0.25) is 9.69 Å². The van der Waals surface area contributed by atoms with Crippen LogP contribution in [-0.4, -0.2) is 57.8 Å². The number of methoxy groups -OCH3 is 1. The van der Waals surface area contributed by atoms with Gasteiger partial charge in [-0.15, -0.1) is 0 Å². The Labute approximate surface area is 164 Å². The Bertz CT molecular complexity index is 836. The van der Waals surface area contributed by atoms with E-state index < -0.39 is 0 Å². The fraction of sp³-hybridized carbons (Fsp3) is 0.333. The number of likely N-dealkylation sites (N-methyl/N-ethyl adjacent to an activating group) is 1. The summed E-state index contributed by atoms with van der Waals surface area (Å²) >= 11 is 0. The predicted octanol–water partition coefficient (Wildman–Crippen LogP) is 2.68. The van der Waals surface area contributed by atoms with Crippen LogP contribution in [-0.2, 0) is 4.74 Å². The first-order valence-electron chi connectivity index (χ1n) is 9.13. The highest BCUT2D eigenvalue weighted by Crippen LogP contribution is 2.27. The lowest BCUT2D eigenvalue weighted by Gasteiger charge is -2.26. The molecule has 1 aliphatic heterocycles. The Morgan fingerprint density at radius 1 is 1.21 bits per heavy atom. The Balaban J connectivity index is 1.67. The van der Waals surface area contributed by atoms with Crippen LogP contribution in [0.15, 0.2) is 48.5 Å². The number of nitrogens with zero attached hydrogens (tertiary/aromatic N) is 2. The molecule has 0 aromatic heterocycles. The molecule has 3 rings (SSSR count). The van der Waals surface area contributed by atoms with E-state index in [1.807, 2.05) is 43.3 Å². The van der Waals surface area contributed by atoms with Crippen molar-refractivity contribution in [3.8, 4) is 5.75 Å². The third kappa shape index (κ3) is 4.26. The van der Waals surface area contributed by atoms with Gasteiger partial charge in [0.1, 0.15) is 12.4 Å². The fourth-order valence-corrected chi connectivity index (χ4v) is 3.22. The van der Waals surface area contributed by atoms with Crippen molar-refractivity contribution >= 4 is 17.7 Å². The van der Waals surface area contributed by atoms with Crippen molar-refractivity contribution in [3.63, 3.8) is 0 Å². The lowest BCUT2D eigenvalue weighted by Crippen LogP contribution is -2.34. The van der Waals surface area contributed by atoms with E-state index in [1.54, 1.807) is 36.3 Å². The van der Waals surface area contributed by atoms with Crippen molar-refractivity contribution < 1.29 is 19.1 Å². The summed E-state index contributed by atoms with van der Waals surface area (Å²) in [6.07, 6.45) is -0.358. The lowest BCUT2D eigenvalue weighted by atomic mass is 10.0. The number of para-hydroxylation sites is 1. The van der Waals surface area contributed by atoms with Gasteiger partial charge in [-0.05, 0) is 44.4 Å². The van der Waals surface area contributed by atoms with E-state index in [4.69, 9.17) is 9.47 Å². The maximum Gasteiger partial charge on any atom is 0.414 e. The number of amides is 2. The molecule has 0 aliphatic carbocycles. The minimum atomic E-state index is -0.358. The highest BCUT2D eigenvalue weighted by atomic mass is 16.6. The monoisotopic (exact) mass is 383 g/mol. The summed E-state index contributed by atoms with van der Waals surface area (Å²) in [6, 6.07) is 14.7. The third-order valence-corrected chi connectivity index (χ3v) is 4.78. The molecule has 2 aromatic rings. The number of anilines is 1. The molecule has 1 aliphatic rings. The van der Waals surface area contributed by atoms with Crippen molar-refractivity contribution in [1.29, 1.82) is 0 Å². The van der Waals surface area contributed by atoms with Crippen LogP contribution in [0, 0.1) is 0 Å². The Morgan fingerprint density at radius 2 is 1.93 bits per heavy atom. The molecule has 1 N–H and O–H groups in total. The molecule has 7 nitrogen and oxygen atoms in total. The molecule has 148 valence electrons. The number of nitrogens with one attached hydrogen (secondary N) is 1. The second-order valence-electron chi connectivity index (χ2n) is 6.74. The van der Waals surface area contributed by atoms with Crippen LogP contribution in [0.2, 0.25) is 0 Å². The standard InChI is InChI=1S/C21H25N3O4/c1-23(2)18(17-6-4-5-7-19(17)27-3)14-22-20(25)15-8-10-16(11-9-15)24-12-13-28-21(24)26/h4-11,18H,12-14H2,1-3H3,(H,22,25)/t18-/m1/s1. The van der Waals surface area contributed by atoms with Gasteiger partial charge in [0.15, 0.2) is 0 Å². The molecule has 0 radical (unpaired) electrons. The summed E-state index contributed by atoms with van der Waals surface area (Å²) in [5.41, 5.74) is 2.27. The number of hydrogen-bond donors (Lipinski definition) is 1. The fourth-order valence-electron chi connectivity index (χ4n) is 3.22. The molecule has 0 spiro atoms. The molecule has 0 saturated carbocycles. The number of benzene rings is 2. The molecule has 1 heterocycles. The number of ether oxygens (including phenoxy) is 2. The molecule has 28 heavy (non-hydrogen) atoms. The van der Waals surface area contributed by atoms with Gasteiger partial charge >= 0.3 is 6.09 Å². The van der Waals surface area contributed by atoms with Crippen LogP contribution in [0.4, 0.5) is 10.5 Å². The number of hydrogen-bond acceptors (Lipinski definition) is 5. The summed E-state index contributed by atoms with van der Waals surface area (Å²) in [5, 5.41) is 2.99. The zero-order valence-electron chi connectivity index (χ0n) is 16.3. The zero-order chi connectivity index (χ0) is 20.1. The predicted molar refractivity (Wildman–Crippen MR) is 107 cm³/mol. The highest BCUT2D eigenvalue weighted by Gasteiger charge is 2.24. The largest absolute Gasteiger partial charge is 0.496 e. The maximum absolute atomic E-state index is 12.6. The highest BCUT2D eigenvalue weighted by molar-refractivity contribution is 5.95. The zero-order valence-corrected chi connectivity index (χ0v) is 16.3. The molecule has 0 unspecified atom stereocenters. The van der Waals surface area contributed by atoms with Crippen molar-refractivity contribution in [2.75, 3.05) is 45.8 Å². The van der Waals surface area contributed by atoms with E-state index in [0.717, 1.165) is 17.0 Å². The van der Waals surface area contributed by atoms with Gasteiger partial charge in [-0.1, -0.05) is 18.2 Å². The quantitative estimate of drug-likeness (QED) is 0.796. The van der Waals surface area contributed by atoms with E-state index in [1.165, 1.54) is 0 Å². The van der Waals surface area contributed by atoms with Crippen LogP contribution in [0.5, 0.6) is 5.75 Å². The summed E-state index contributed by atoms with van der Waals surface area (Å²) < 4.78 is 10.4. The van der Waals surface area contributed by atoms with Gasteiger partial charge in [0.05, 0.1) is 19.7 Å². The Kier molecular flexibility index (Phi) is 6.16. The minimum absolute atomic E-state index is 0.0289. The smallest absolute Gasteiger partial charge is 0.414 e. The summed E-state index contributed by atoms with van der Waals surface area (Å²) in [5.74, 6) is 0.620. The first-order valence-corrected chi connectivity index (χ1v) is 9.13. The Hall–Kier alpha value is -3.06. The summed E-state index contributed by atoms with van der Waals surface area (Å²) in [7, 11) is 5.57. The molecular formula is C21H25N3O4. The second kappa shape index (κ2) is 8.75. The normalized spacial score (nSPS) is 14.7. The number of cyclic esters (lactones) is 1. The molecule has 2 amide bonds. The van der Waals surface area contributed by atoms with Gasteiger partial charge < -0.3 is 19.7 Å². The number of carbonyl (C=O) groups excluding carboxylic acids is 2. The molecule has 1 atom stereocenters. The van der Waals surface area contributed by atoms with Crippen LogP contribution in [0.3, 0.4) is 0 Å². The van der Waals surface area contributed by atoms with E-state index in [9.17, 15) is 9.59 Å². The van der Waals surface area contributed by atoms with Gasteiger partial charge in [-0.2, -0.15) is 0 Å². The van der Waals surface area contributed by atoms with Gasteiger partial charge in [0.2, 0.25) is 0 Å². The third-order valence-electron chi connectivity index (χ3n) is 4.78. The van der Waals surface area contributed by atoms with Crippen LogP contribution in [0.25, 0.3) is 0 Å². The maximum atomic E-state index is 12.6. The van der Waals surface area contributed by atoms with Crippen molar-refractivity contribution in [2.24, 2.45) is 0 Å². The topological polar surface area (TPSA) is 71.1 Å². The van der Waals surface area contributed by atoms with E-state index in [-0.39, 0.29) is 18.0 Å². The van der Waals surface area contributed by atoms with Crippen LogP contribution in [0.1, 0.15) is 22.0 Å². The van der Waals surface area contributed by atoms with E-state index in [0.29, 0.717) is 25.3 Å². The van der Waals surface area contributed by atoms with Gasteiger partial charge in [0, 0.05) is 23.4 Å². The molecule has 1 saturated heterocycles. The summed E-state index contributed by atoms with van der Waals surface area (Å²) in [6.45, 7) is 1.34. The van der Waals surface area contributed by atoms with Crippen molar-refractivity contribution in [1.82, 2.24) is 10.2 Å². The summed E-state index contributed by atoms with van der Waals surface area (Å²) in [4.78, 5) is 27.8. The molecule has 2 aromatic carbocycles. The second-order valence-corrected chi connectivity index (χ2v) is 6.74. The average Bonchev–Trinajstić information content (AvgIpc) is 3.14.